The normalized spacial score (nSPS) is 14.8. The monoisotopic (exact) mass is 276 g/mol. The van der Waals surface area contributed by atoms with Crippen LogP contribution in [0.1, 0.15) is 20.3 Å². The Morgan fingerprint density at radius 1 is 1.45 bits per heavy atom. The minimum atomic E-state index is 0.0225. The van der Waals surface area contributed by atoms with E-state index in [1.807, 2.05) is 52.0 Å². The average Bonchev–Trinajstić information content (AvgIpc) is 2.44. The van der Waals surface area contributed by atoms with E-state index in [-0.39, 0.29) is 5.92 Å². The van der Waals surface area contributed by atoms with Gasteiger partial charge in [0.2, 0.25) is 0 Å². The Bertz CT molecular complexity index is 403. The molecule has 4 nitrogen and oxygen atoms in total. The molecule has 0 spiro atoms. The Labute approximate surface area is 123 Å². The molecule has 0 fully saturated rings. The van der Waals surface area contributed by atoms with Gasteiger partial charge < -0.3 is 15.6 Å². The smallest absolute Gasteiger partial charge is 0.107 e. The zero-order valence-electron chi connectivity index (χ0n) is 13.4. The lowest BCUT2D eigenvalue weighted by Crippen LogP contribution is -2.29. The molecule has 0 saturated heterocycles. The number of nitrogens with zero attached hydrogens (tertiary/aromatic N) is 2. The van der Waals surface area contributed by atoms with Crippen molar-refractivity contribution in [1.29, 1.82) is 5.41 Å². The Hall–Kier alpha value is -1.84. The summed E-state index contributed by atoms with van der Waals surface area (Å²) in [5, 5.41) is 10.6. The second-order valence-corrected chi connectivity index (χ2v) is 4.73. The quantitative estimate of drug-likeness (QED) is 0.310. The summed E-state index contributed by atoms with van der Waals surface area (Å²) in [6, 6.07) is 0. The summed E-state index contributed by atoms with van der Waals surface area (Å²) >= 11 is 0. The van der Waals surface area contributed by atoms with Gasteiger partial charge in [-0.1, -0.05) is 25.2 Å². The molecule has 0 rings (SSSR count). The van der Waals surface area contributed by atoms with Gasteiger partial charge in [-0.25, -0.2) is 0 Å². The van der Waals surface area contributed by atoms with Crippen molar-refractivity contribution < 1.29 is 0 Å². The predicted octanol–water partition coefficient (Wildman–Crippen LogP) is 2.86. The molecule has 1 unspecified atom stereocenters. The Morgan fingerprint density at radius 3 is 2.50 bits per heavy atom. The van der Waals surface area contributed by atoms with Gasteiger partial charge in [-0.3, -0.25) is 4.99 Å². The Balaban J connectivity index is 5.24. The molecule has 0 radical (unpaired) electrons. The third-order valence-electron chi connectivity index (χ3n) is 2.96. The molecule has 4 heteroatoms. The summed E-state index contributed by atoms with van der Waals surface area (Å²) in [6.07, 6.45) is 8.28. The molecule has 0 aromatic heterocycles. The predicted molar refractivity (Wildman–Crippen MR) is 89.7 cm³/mol. The fourth-order valence-electron chi connectivity index (χ4n) is 1.91. The van der Waals surface area contributed by atoms with Crippen LogP contribution in [0.4, 0.5) is 0 Å². The second-order valence-electron chi connectivity index (χ2n) is 4.73. The molecule has 0 amide bonds. The molecule has 0 saturated carbocycles. The van der Waals surface area contributed by atoms with Crippen molar-refractivity contribution >= 4 is 12.1 Å². The average molecular weight is 276 g/mol. The van der Waals surface area contributed by atoms with Crippen molar-refractivity contribution in [2.75, 3.05) is 27.7 Å². The van der Waals surface area contributed by atoms with Crippen molar-refractivity contribution in [3.05, 3.63) is 36.1 Å². The summed E-state index contributed by atoms with van der Waals surface area (Å²) in [4.78, 5) is 6.64. The highest BCUT2D eigenvalue weighted by Gasteiger charge is 2.10. The Kier molecular flexibility index (Phi) is 9.09. The first-order chi connectivity index (χ1) is 9.51. The van der Waals surface area contributed by atoms with Crippen LogP contribution in [-0.2, 0) is 0 Å². The van der Waals surface area contributed by atoms with E-state index in [1.54, 1.807) is 0 Å². The van der Waals surface area contributed by atoms with Gasteiger partial charge in [0, 0.05) is 39.0 Å². The lowest BCUT2D eigenvalue weighted by atomic mass is 10.1. The number of allylic oxidation sites excluding steroid dienone is 3. The molecule has 0 aromatic carbocycles. The maximum absolute atomic E-state index is 7.40. The number of rotatable bonds is 8. The second kappa shape index (κ2) is 10.0. The lowest BCUT2D eigenvalue weighted by Gasteiger charge is -2.20. The molecular formula is C16H28N4. The molecule has 0 aliphatic carbocycles. The molecule has 0 aromatic rings. The van der Waals surface area contributed by atoms with Gasteiger partial charge in [-0.05, 0) is 18.9 Å². The highest BCUT2D eigenvalue weighted by atomic mass is 15.1. The fraction of sp³-hybridized carbons (Fsp3) is 0.500. The number of hydrogen-bond acceptors (Lipinski definition) is 3. The van der Waals surface area contributed by atoms with Crippen LogP contribution in [0.3, 0.4) is 0 Å². The van der Waals surface area contributed by atoms with Crippen LogP contribution in [0.5, 0.6) is 0 Å². The van der Waals surface area contributed by atoms with Crippen LogP contribution in [0.15, 0.2) is 41.1 Å². The van der Waals surface area contributed by atoms with E-state index in [9.17, 15) is 0 Å². The van der Waals surface area contributed by atoms with Crippen molar-refractivity contribution in [2.45, 2.75) is 20.3 Å². The summed E-state index contributed by atoms with van der Waals surface area (Å²) in [6.45, 7) is 8.33. The molecule has 20 heavy (non-hydrogen) atoms. The highest BCUT2D eigenvalue weighted by Crippen LogP contribution is 2.10. The van der Waals surface area contributed by atoms with Crippen LogP contribution in [0, 0.1) is 11.3 Å². The maximum atomic E-state index is 7.40. The third kappa shape index (κ3) is 5.87. The summed E-state index contributed by atoms with van der Waals surface area (Å²) in [5.74, 6) is 0.936. The van der Waals surface area contributed by atoms with Crippen molar-refractivity contribution in [1.82, 2.24) is 10.2 Å². The van der Waals surface area contributed by atoms with Gasteiger partial charge in [-0.2, -0.15) is 0 Å². The molecular weight excluding hydrogens is 248 g/mol. The zero-order valence-corrected chi connectivity index (χ0v) is 13.4. The first-order valence-corrected chi connectivity index (χ1v) is 6.88. The van der Waals surface area contributed by atoms with E-state index in [0.717, 1.165) is 23.5 Å². The standard InChI is InChI=1S/C16H28N4/c1-7-9-10-14(15(8-2)18-4)12-19-16(20(5)6)13(3)11-17/h7-8,10-11,13,17-18H,1,9,12H2,2-6H3/b14-10-,15-8+,17-11?,19-16?. The fourth-order valence-corrected chi connectivity index (χ4v) is 1.91. The maximum Gasteiger partial charge on any atom is 0.107 e. The third-order valence-corrected chi connectivity index (χ3v) is 2.96. The molecule has 0 aliphatic heterocycles. The summed E-state index contributed by atoms with van der Waals surface area (Å²) in [5.41, 5.74) is 2.22. The minimum Gasteiger partial charge on any atom is -0.388 e. The molecule has 2 N–H and O–H groups in total. The topological polar surface area (TPSA) is 51.5 Å². The first kappa shape index (κ1) is 18.2. The molecule has 1 atom stereocenters. The molecule has 0 aliphatic rings. The lowest BCUT2D eigenvalue weighted by molar-refractivity contribution is 0.591. The van der Waals surface area contributed by atoms with Crippen molar-refractivity contribution in [2.24, 2.45) is 10.9 Å². The number of aliphatic imine (C=N–C) groups is 1. The van der Waals surface area contributed by atoms with Crippen LogP contribution < -0.4 is 5.32 Å². The minimum absolute atomic E-state index is 0.0225. The van der Waals surface area contributed by atoms with Crippen LogP contribution in [0.25, 0.3) is 0 Å². The zero-order chi connectivity index (χ0) is 15.5. The number of nitrogens with one attached hydrogen (secondary N) is 2. The highest BCUT2D eigenvalue weighted by molar-refractivity contribution is 5.95. The van der Waals surface area contributed by atoms with Crippen LogP contribution >= 0.6 is 0 Å². The first-order valence-electron chi connectivity index (χ1n) is 6.88. The molecule has 0 heterocycles. The van der Waals surface area contributed by atoms with Gasteiger partial charge in [0.1, 0.15) is 5.84 Å². The summed E-state index contributed by atoms with van der Waals surface area (Å²) in [7, 11) is 5.83. The van der Waals surface area contributed by atoms with E-state index >= 15 is 0 Å². The van der Waals surface area contributed by atoms with Gasteiger partial charge >= 0.3 is 0 Å². The summed E-state index contributed by atoms with van der Waals surface area (Å²) < 4.78 is 0. The van der Waals surface area contributed by atoms with Crippen LogP contribution in [-0.4, -0.2) is 44.6 Å². The Morgan fingerprint density at radius 2 is 2.10 bits per heavy atom. The number of amidine groups is 1. The molecule has 112 valence electrons. The van der Waals surface area contributed by atoms with E-state index < -0.39 is 0 Å². The number of hydrogen-bond donors (Lipinski definition) is 2. The van der Waals surface area contributed by atoms with Gasteiger partial charge in [0.15, 0.2) is 0 Å². The molecule has 0 bridgehead atoms. The van der Waals surface area contributed by atoms with E-state index in [2.05, 4.69) is 23.0 Å². The van der Waals surface area contributed by atoms with Crippen molar-refractivity contribution in [3.8, 4) is 0 Å². The van der Waals surface area contributed by atoms with Gasteiger partial charge in [0.05, 0.1) is 6.54 Å². The van der Waals surface area contributed by atoms with E-state index in [0.29, 0.717) is 6.54 Å². The SMILES string of the molecule is C=CC/C=C(CN=C(C(C)C=N)N(C)C)\C(=C/C)NC. The largest absolute Gasteiger partial charge is 0.388 e. The van der Waals surface area contributed by atoms with Gasteiger partial charge in [-0.15, -0.1) is 6.58 Å². The van der Waals surface area contributed by atoms with Gasteiger partial charge in [0.25, 0.3) is 0 Å². The van der Waals surface area contributed by atoms with E-state index in [1.165, 1.54) is 6.21 Å². The van der Waals surface area contributed by atoms with Crippen molar-refractivity contribution in [3.63, 3.8) is 0 Å². The van der Waals surface area contributed by atoms with E-state index in [4.69, 9.17) is 5.41 Å². The number of likely N-dealkylation sites (N-methyl/N-ethyl adjacent to an activating group) is 1. The van der Waals surface area contributed by atoms with Crippen LogP contribution in [0.2, 0.25) is 0 Å².